The van der Waals surface area contributed by atoms with E-state index >= 15 is 0 Å². The normalized spacial score (nSPS) is 14.8. The average molecular weight is 910 g/mol. The monoisotopic (exact) mass is 910 g/mol. The van der Waals surface area contributed by atoms with Gasteiger partial charge in [0.25, 0.3) is 0 Å². The van der Waals surface area contributed by atoms with E-state index in [1.807, 2.05) is 18.2 Å². The number of hydrogen-bond donors (Lipinski definition) is 0. The van der Waals surface area contributed by atoms with Crippen LogP contribution in [0.4, 0.5) is 0 Å². The molecule has 0 aliphatic carbocycles. The number of hydrogen-bond acceptors (Lipinski definition) is 6. The maximum Gasteiger partial charge on any atom is 0.306 e. The second-order valence-electron chi connectivity index (χ2n) is 17.2. The first-order valence-electron chi connectivity index (χ1n) is 29.1. The highest BCUT2D eigenvalue weighted by Gasteiger charge is 2.19. The summed E-state index contributed by atoms with van der Waals surface area (Å²) in [6.45, 7) is -0.396. The Balaban J connectivity index is 5.14. The summed E-state index contributed by atoms with van der Waals surface area (Å²) < 4.78 is 58.7. The lowest BCUT2D eigenvalue weighted by atomic mass is 10.0. The van der Waals surface area contributed by atoms with E-state index in [0.717, 1.165) is 89.9 Å². The van der Waals surface area contributed by atoms with Gasteiger partial charge in [0, 0.05) is 19.3 Å². The van der Waals surface area contributed by atoms with Gasteiger partial charge in [0.2, 0.25) is 0 Å². The third kappa shape index (κ3) is 51.4. The van der Waals surface area contributed by atoms with Crippen molar-refractivity contribution in [3.8, 4) is 0 Å². The fraction of sp³-hybridized carbons (Fsp3) is 0.712. The van der Waals surface area contributed by atoms with E-state index in [4.69, 9.17) is 21.1 Å². The van der Waals surface area contributed by atoms with Crippen molar-refractivity contribution in [3.63, 3.8) is 0 Å². The number of esters is 3. The first-order chi connectivity index (χ1) is 33.9. The van der Waals surface area contributed by atoms with Gasteiger partial charge in [0.1, 0.15) is 13.1 Å². The molecule has 0 N–H and O–H groups in total. The average Bonchev–Trinajstić information content (AvgIpc) is 3.32. The van der Waals surface area contributed by atoms with Crippen LogP contribution in [0, 0.1) is 0 Å². The van der Waals surface area contributed by atoms with E-state index in [9.17, 15) is 14.4 Å². The van der Waals surface area contributed by atoms with Gasteiger partial charge in [-0.2, -0.15) is 0 Å². The number of rotatable bonds is 48. The largest absolute Gasteiger partial charge is 0.462 e. The Morgan fingerprint density at radius 2 is 0.677 bits per heavy atom. The molecule has 6 heteroatoms. The molecule has 0 amide bonds. The fourth-order valence-corrected chi connectivity index (χ4v) is 7.00. The molecule has 65 heavy (non-hydrogen) atoms. The van der Waals surface area contributed by atoms with E-state index in [1.165, 1.54) is 89.9 Å². The molecule has 1 unspecified atom stereocenters. The summed E-state index contributed by atoms with van der Waals surface area (Å²) in [5.41, 5.74) is 0. The van der Waals surface area contributed by atoms with Crippen LogP contribution in [0.1, 0.15) is 259 Å². The minimum Gasteiger partial charge on any atom is -0.462 e. The molecule has 0 aromatic heterocycles. The summed E-state index contributed by atoms with van der Waals surface area (Å²) in [4.78, 5) is 39.0. The van der Waals surface area contributed by atoms with Gasteiger partial charge in [0.15, 0.2) is 6.08 Å². The summed E-state index contributed by atoms with van der Waals surface area (Å²) in [5.74, 6) is -3.08. The minimum absolute atomic E-state index is 0.151. The van der Waals surface area contributed by atoms with E-state index in [1.54, 1.807) is 6.08 Å². The maximum absolute atomic E-state index is 13.1. The molecule has 0 bridgehead atoms. The summed E-state index contributed by atoms with van der Waals surface area (Å²) in [6, 6.07) is 0. The highest BCUT2D eigenvalue weighted by molar-refractivity contribution is 5.71. The third-order valence-corrected chi connectivity index (χ3v) is 11.0. The topological polar surface area (TPSA) is 78.9 Å². The molecule has 0 aromatic carbocycles. The molecule has 0 rings (SSSR count). The van der Waals surface area contributed by atoms with E-state index in [-0.39, 0.29) is 25.7 Å². The molecule has 0 aliphatic heterocycles. The van der Waals surface area contributed by atoms with Crippen molar-refractivity contribution in [2.24, 2.45) is 0 Å². The Morgan fingerprint density at radius 3 is 1.05 bits per heavy atom. The predicted molar refractivity (Wildman–Crippen MR) is 279 cm³/mol. The van der Waals surface area contributed by atoms with Crippen LogP contribution in [0.5, 0.6) is 0 Å². The lowest BCUT2D eigenvalue weighted by Gasteiger charge is -2.18. The molecule has 0 saturated carbocycles. The smallest absolute Gasteiger partial charge is 0.306 e. The van der Waals surface area contributed by atoms with Gasteiger partial charge in [-0.05, 0) is 83.5 Å². The zero-order valence-corrected chi connectivity index (χ0v) is 42.0. The molecular weight excluding hydrogens is 805 g/mol. The maximum atomic E-state index is 13.1. The summed E-state index contributed by atoms with van der Waals surface area (Å²) >= 11 is 0. The van der Waals surface area contributed by atoms with Crippen molar-refractivity contribution in [2.45, 2.75) is 258 Å². The van der Waals surface area contributed by atoms with Crippen LogP contribution in [0.15, 0.2) is 85.1 Å². The van der Waals surface area contributed by atoms with Gasteiger partial charge in [-0.25, -0.2) is 0 Å². The lowest BCUT2D eigenvalue weighted by molar-refractivity contribution is -0.166. The van der Waals surface area contributed by atoms with Gasteiger partial charge in [-0.3, -0.25) is 14.4 Å². The fourth-order valence-electron chi connectivity index (χ4n) is 7.00. The number of carbonyl (C=O) groups is 3. The Morgan fingerprint density at radius 1 is 0.369 bits per heavy atom. The summed E-state index contributed by atoms with van der Waals surface area (Å²) in [5, 5.41) is 0. The van der Waals surface area contributed by atoms with Gasteiger partial charge < -0.3 is 14.2 Å². The molecule has 372 valence electrons. The summed E-state index contributed by atoms with van der Waals surface area (Å²) in [7, 11) is 0. The number of unbranched alkanes of at least 4 members (excludes halogenated alkanes) is 23. The second-order valence-corrected chi connectivity index (χ2v) is 17.2. The second kappa shape index (κ2) is 53.2. The van der Waals surface area contributed by atoms with Crippen molar-refractivity contribution >= 4 is 17.9 Å². The first kappa shape index (κ1) is 52.6. The highest BCUT2D eigenvalue weighted by Crippen LogP contribution is 2.15. The van der Waals surface area contributed by atoms with Crippen LogP contribution in [0.2, 0.25) is 0 Å². The van der Waals surface area contributed by atoms with Gasteiger partial charge in [0.05, 0.1) is 6.85 Å². The van der Waals surface area contributed by atoms with E-state index < -0.39 is 37.1 Å². The van der Waals surface area contributed by atoms with Crippen molar-refractivity contribution < 1.29 is 35.4 Å². The van der Waals surface area contributed by atoms with Crippen molar-refractivity contribution in [2.75, 3.05) is 13.1 Å². The molecule has 0 saturated heterocycles. The number of ether oxygens (including phenoxy) is 3. The lowest BCUT2D eigenvalue weighted by Crippen LogP contribution is -2.30. The number of allylic oxidation sites excluding steroid dienone is 14. The molecule has 1 atom stereocenters. The quantitative estimate of drug-likeness (QED) is 0.0262. The molecule has 0 spiro atoms. The number of carbonyl (C=O) groups excluding carboxylic acids is 3. The zero-order valence-electron chi connectivity index (χ0n) is 47.0. The SMILES string of the molecule is [2H]C([2H])(OC(=O)CCCCCCC/C=C\CCCCCCCC)C([2H])(OC(=O)CC/C=C\C/C=C\C/C=C\C/C=C\C/C=C\C/C=C\CC)C([2H])([2H])OC(=O)CCCCCCCCCCCCCCC. The first-order valence-corrected chi connectivity index (χ1v) is 26.6. The third-order valence-electron chi connectivity index (χ3n) is 11.0. The van der Waals surface area contributed by atoms with Crippen LogP contribution in [-0.4, -0.2) is 37.1 Å². The van der Waals surface area contributed by atoms with Crippen LogP contribution < -0.4 is 0 Å². The predicted octanol–water partition coefficient (Wildman–Crippen LogP) is 18.0. The Labute approximate surface area is 408 Å². The highest BCUT2D eigenvalue weighted by atomic mass is 16.6. The molecule has 0 heterocycles. The van der Waals surface area contributed by atoms with Crippen LogP contribution in [-0.2, 0) is 28.6 Å². The van der Waals surface area contributed by atoms with Crippen LogP contribution in [0.25, 0.3) is 0 Å². The van der Waals surface area contributed by atoms with E-state index in [2.05, 4.69) is 81.5 Å². The molecular formula is C59H100O6. The Hall–Kier alpha value is -3.41. The Kier molecular flexibility index (Phi) is 43.0. The molecule has 0 aliphatic rings. The molecule has 0 aromatic rings. The Bertz CT molecular complexity index is 1500. The van der Waals surface area contributed by atoms with Crippen LogP contribution >= 0.6 is 0 Å². The van der Waals surface area contributed by atoms with Crippen molar-refractivity contribution in [3.05, 3.63) is 85.1 Å². The molecule has 0 radical (unpaired) electrons. The zero-order chi connectivity index (χ0) is 51.7. The molecule has 6 nitrogen and oxygen atoms in total. The van der Waals surface area contributed by atoms with Crippen LogP contribution in [0.3, 0.4) is 0 Å². The minimum atomic E-state index is -3.54. The van der Waals surface area contributed by atoms with E-state index in [0.29, 0.717) is 25.7 Å². The molecule has 0 fully saturated rings. The van der Waals surface area contributed by atoms with Crippen molar-refractivity contribution in [1.82, 2.24) is 0 Å². The van der Waals surface area contributed by atoms with Crippen molar-refractivity contribution in [1.29, 1.82) is 0 Å². The van der Waals surface area contributed by atoms with Gasteiger partial charge in [-0.1, -0.05) is 234 Å². The van der Waals surface area contributed by atoms with Gasteiger partial charge >= 0.3 is 17.9 Å². The standard InChI is InChI=1S/C59H100O6/c1-4-7-10-13-16-19-22-25-27-28-29-30-32-35-38-41-44-47-50-53-59(62)65-56(54-63-57(60)51-48-45-42-39-36-33-24-21-18-15-12-9-6-3)55-64-58(61)52-49-46-43-40-37-34-31-26-23-20-17-14-11-8-5-2/h7,10,16,19,25-27,29-31,35,38,44,47,56H,4-6,8-9,11-15,17-18,20-24,28,32-34,36-37,39-43,45-46,48-55H2,1-3H3/b10-7-,19-16-,27-25-,30-29-,31-26-,38-35-,47-44-/i54D2,55D2,56D. The summed E-state index contributed by atoms with van der Waals surface area (Å²) in [6.07, 6.45) is 59.0. The van der Waals surface area contributed by atoms with Gasteiger partial charge in [-0.15, -0.1) is 0 Å².